The van der Waals surface area contributed by atoms with Gasteiger partial charge in [0.25, 0.3) is 0 Å². The predicted molar refractivity (Wildman–Crippen MR) is 362 cm³/mol. The highest BCUT2D eigenvalue weighted by Crippen LogP contribution is 2.50. The van der Waals surface area contributed by atoms with Gasteiger partial charge in [-0.1, -0.05) is 224 Å². The van der Waals surface area contributed by atoms with E-state index in [4.69, 9.17) is 0 Å². The molecule has 0 aliphatic heterocycles. The zero-order valence-corrected chi connectivity index (χ0v) is 48.1. The van der Waals surface area contributed by atoms with Crippen molar-refractivity contribution in [2.45, 2.75) is 52.4 Å². The Morgan fingerprint density at radius 2 is 0.571 bits per heavy atom. The third-order valence-corrected chi connectivity index (χ3v) is 18.7. The van der Waals surface area contributed by atoms with E-state index in [1.165, 1.54) is 164 Å². The second-order valence-corrected chi connectivity index (χ2v) is 25.6. The van der Waals surface area contributed by atoms with Crippen molar-refractivity contribution in [3.05, 3.63) is 266 Å². The third-order valence-electron chi connectivity index (χ3n) is 18.7. The van der Waals surface area contributed by atoms with Gasteiger partial charge in [-0.3, -0.25) is 0 Å². The topological polar surface area (TPSA) is 9.86 Å². The molecule has 17 aromatic rings. The first-order valence-corrected chi connectivity index (χ1v) is 29.7. The lowest BCUT2D eigenvalue weighted by atomic mass is 9.81. The molecule has 0 N–H and O–H groups in total. The highest BCUT2D eigenvalue weighted by Gasteiger charge is 2.25. The normalized spacial score (nSPS) is 12.6. The van der Waals surface area contributed by atoms with E-state index >= 15 is 0 Å². The molecule has 17 rings (SSSR count). The predicted octanol–water partition coefficient (Wildman–Crippen LogP) is 22.9. The number of para-hydroxylation sites is 2. The summed E-state index contributed by atoms with van der Waals surface area (Å²) in [4.78, 5) is 0. The van der Waals surface area contributed by atoms with Gasteiger partial charge in [0, 0.05) is 32.9 Å². The van der Waals surface area contributed by atoms with E-state index < -0.39 is 0 Å². The summed E-state index contributed by atoms with van der Waals surface area (Å²) in [6.07, 6.45) is 0. The number of benzene rings is 15. The molecule has 0 bridgehead atoms. The fourth-order valence-electron chi connectivity index (χ4n) is 14.5. The summed E-state index contributed by atoms with van der Waals surface area (Å²) in [6, 6.07) is 97.5. The van der Waals surface area contributed by atoms with Crippen molar-refractivity contribution in [3.8, 4) is 55.9 Å². The van der Waals surface area contributed by atoms with Gasteiger partial charge in [-0.15, -0.1) is 0 Å². The number of aromatic nitrogens is 2. The average Bonchev–Trinajstić information content (AvgIpc) is 2.23. The van der Waals surface area contributed by atoms with Crippen LogP contribution >= 0.6 is 0 Å². The van der Waals surface area contributed by atoms with Gasteiger partial charge >= 0.3 is 0 Å². The van der Waals surface area contributed by atoms with E-state index in [1.807, 2.05) is 0 Å². The number of hydrogen-bond donors (Lipinski definition) is 0. The molecule has 0 fully saturated rings. The van der Waals surface area contributed by atoms with Crippen LogP contribution < -0.4 is 0 Å². The summed E-state index contributed by atoms with van der Waals surface area (Å²) in [5.74, 6) is 0. The van der Waals surface area contributed by atoms with E-state index in [9.17, 15) is 0 Å². The highest BCUT2D eigenvalue weighted by molar-refractivity contribution is 6.28. The van der Waals surface area contributed by atoms with Crippen molar-refractivity contribution in [3.63, 3.8) is 0 Å². The van der Waals surface area contributed by atoms with Crippen LogP contribution in [0.4, 0.5) is 0 Å². The first kappa shape index (κ1) is 48.7. The van der Waals surface area contributed by atoms with Crippen molar-refractivity contribution >= 4 is 108 Å². The Hall–Kier alpha value is -10.0. The molecule has 0 spiro atoms. The summed E-state index contributed by atoms with van der Waals surface area (Å²) in [5.41, 5.74) is 19.4. The number of fused-ring (bicyclic) bond motifs is 6. The van der Waals surface area contributed by atoms with Crippen LogP contribution in [0.5, 0.6) is 0 Å². The molecule has 0 radical (unpaired) electrons. The third kappa shape index (κ3) is 7.23. The largest absolute Gasteiger partial charge is 0.309 e. The van der Waals surface area contributed by atoms with Crippen molar-refractivity contribution in [1.29, 1.82) is 0 Å². The van der Waals surface area contributed by atoms with Crippen molar-refractivity contribution in [2.75, 3.05) is 0 Å². The van der Waals surface area contributed by atoms with Crippen molar-refractivity contribution in [2.24, 2.45) is 0 Å². The van der Waals surface area contributed by atoms with Crippen LogP contribution in [0.3, 0.4) is 0 Å². The molecule has 15 aromatic carbocycles. The van der Waals surface area contributed by atoms with Crippen LogP contribution in [0.1, 0.15) is 52.7 Å². The molecule has 84 heavy (non-hydrogen) atoms. The first-order chi connectivity index (χ1) is 40.9. The smallest absolute Gasteiger partial charge is 0.0541 e. The zero-order chi connectivity index (χ0) is 56.3. The van der Waals surface area contributed by atoms with Gasteiger partial charge in [0.05, 0.1) is 22.1 Å². The van der Waals surface area contributed by atoms with Gasteiger partial charge in [0.1, 0.15) is 0 Å². The fourth-order valence-corrected chi connectivity index (χ4v) is 14.5. The number of hydrogen-bond acceptors (Lipinski definition) is 0. The molecular formula is C82H60N2. The molecule has 0 saturated heterocycles. The minimum absolute atomic E-state index is 0.0548. The molecule has 0 unspecified atom stereocenters. The molecule has 0 saturated carbocycles. The van der Waals surface area contributed by atoms with E-state index in [-0.39, 0.29) is 10.8 Å². The van der Waals surface area contributed by atoms with E-state index in [2.05, 4.69) is 305 Å². The molecule has 2 aromatic heterocycles. The van der Waals surface area contributed by atoms with Crippen LogP contribution in [0.2, 0.25) is 0 Å². The fraction of sp³-hybridized carbons (Fsp3) is 0.0976. The van der Waals surface area contributed by atoms with Gasteiger partial charge < -0.3 is 9.13 Å². The molecule has 2 nitrogen and oxygen atoms in total. The Kier molecular flexibility index (Phi) is 10.3. The lowest BCUT2D eigenvalue weighted by Crippen LogP contribution is -2.10. The lowest BCUT2D eigenvalue weighted by Gasteiger charge is -2.22. The molecule has 2 heterocycles. The maximum absolute atomic E-state index is 2.56. The Labute approximate surface area is 488 Å². The number of nitrogens with zero attached hydrogens (tertiary/aromatic N) is 2. The molecule has 0 aliphatic carbocycles. The second-order valence-electron chi connectivity index (χ2n) is 25.6. The maximum atomic E-state index is 2.56. The summed E-state index contributed by atoms with van der Waals surface area (Å²) >= 11 is 0. The molecule has 0 amide bonds. The second kappa shape index (κ2) is 17.7. The van der Waals surface area contributed by atoms with E-state index in [0.29, 0.717) is 0 Å². The lowest BCUT2D eigenvalue weighted by molar-refractivity contribution is 0.590. The van der Waals surface area contributed by atoms with E-state index in [0.717, 1.165) is 11.4 Å². The molecule has 0 aliphatic rings. The minimum Gasteiger partial charge on any atom is -0.309 e. The van der Waals surface area contributed by atoms with Gasteiger partial charge in [-0.2, -0.15) is 0 Å². The zero-order valence-electron chi connectivity index (χ0n) is 48.1. The molecular weight excluding hydrogens is 1010 g/mol. The Morgan fingerprint density at radius 1 is 0.226 bits per heavy atom. The van der Waals surface area contributed by atoms with Crippen LogP contribution in [-0.4, -0.2) is 9.13 Å². The van der Waals surface area contributed by atoms with Gasteiger partial charge in [-0.05, 0) is 204 Å². The summed E-state index contributed by atoms with van der Waals surface area (Å²) in [7, 11) is 0. The van der Waals surface area contributed by atoms with Crippen LogP contribution in [0, 0.1) is 0 Å². The Morgan fingerprint density at radius 3 is 0.964 bits per heavy atom. The Balaban J connectivity index is 0.980. The van der Waals surface area contributed by atoms with Crippen LogP contribution in [0.25, 0.3) is 164 Å². The average molecular weight is 1070 g/mol. The Bertz CT molecular complexity index is 5160. The number of rotatable bonds is 6. The monoisotopic (exact) mass is 1070 g/mol. The summed E-state index contributed by atoms with van der Waals surface area (Å²) < 4.78 is 4.91. The van der Waals surface area contributed by atoms with Crippen molar-refractivity contribution in [1.82, 2.24) is 9.13 Å². The van der Waals surface area contributed by atoms with Gasteiger partial charge in [0.2, 0.25) is 0 Å². The van der Waals surface area contributed by atoms with Crippen LogP contribution in [0.15, 0.2) is 255 Å². The van der Waals surface area contributed by atoms with Crippen molar-refractivity contribution < 1.29 is 0 Å². The standard InChI is InChI=1S/C82H60N2/c1-81(2,3)57-31-35-59(36-32-57)83-73-19-9-7-17-63(73)71-45-55(29-43-75(71)83)67-47-70(62-40-26-54-24-22-50-14-12-16-52-28-42-66(62)80(54)78(50)52)68(48-69(67)61-39-25-53-23-21-49-13-11-15-51-27-41-65(61)79(53)77(49)51)56-30-44-76-72(46-56)64-18-8-10-20-74(64)84(76)60-37-33-58(34-38-60)82(4,5)6/h7-48H,1-6H3. The molecule has 0 atom stereocenters. The van der Waals surface area contributed by atoms with E-state index in [1.54, 1.807) is 0 Å². The molecule has 398 valence electrons. The van der Waals surface area contributed by atoms with Gasteiger partial charge in [0.15, 0.2) is 0 Å². The first-order valence-electron chi connectivity index (χ1n) is 29.7. The summed E-state index contributed by atoms with van der Waals surface area (Å²) in [5, 5.41) is 20.3. The SMILES string of the molecule is CC(C)(C)c1ccc(-n2c3ccccc3c3cc(-c4cc(-c5ccc6ccc7cccc8ccc5c6c78)c(-c5ccc6c(c5)c5ccccc5n6-c5ccc(C(C)(C)C)cc5)cc4-c4ccc5ccc6cccc7ccc4c5c67)ccc32)cc1. The maximum Gasteiger partial charge on any atom is 0.0541 e. The quantitative estimate of drug-likeness (QED) is 0.147. The van der Waals surface area contributed by atoms with Crippen LogP contribution in [-0.2, 0) is 10.8 Å². The molecule has 2 heteroatoms. The van der Waals surface area contributed by atoms with Gasteiger partial charge in [-0.25, -0.2) is 0 Å². The highest BCUT2D eigenvalue weighted by atomic mass is 15.0. The minimum atomic E-state index is 0.0548. The summed E-state index contributed by atoms with van der Waals surface area (Å²) in [6.45, 7) is 13.7.